The molecule has 0 saturated heterocycles. The lowest BCUT2D eigenvalue weighted by Crippen LogP contribution is -2.23. The molecule has 0 spiro atoms. The number of hydrogen-bond acceptors (Lipinski definition) is 3. The standard InChI is InChI=1S/C11H9FIN3O/c12-9-3-8(14)2-1-7(9)5-16-6-15-4-10(13)11(16)17/h1-4,6H,5,14H2. The van der Waals surface area contributed by atoms with Gasteiger partial charge in [-0.2, -0.15) is 0 Å². The minimum absolute atomic E-state index is 0.148. The Morgan fingerprint density at radius 1 is 1.47 bits per heavy atom. The van der Waals surface area contributed by atoms with E-state index in [1.807, 2.05) is 22.6 Å². The van der Waals surface area contributed by atoms with Gasteiger partial charge in [-0.15, -0.1) is 0 Å². The second-order valence-corrected chi connectivity index (χ2v) is 4.69. The lowest BCUT2D eigenvalue weighted by molar-refractivity contribution is 0.594. The van der Waals surface area contributed by atoms with Gasteiger partial charge >= 0.3 is 0 Å². The van der Waals surface area contributed by atoms with Crippen molar-refractivity contribution in [3.63, 3.8) is 0 Å². The zero-order valence-corrected chi connectivity index (χ0v) is 10.9. The Labute approximate surface area is 110 Å². The lowest BCUT2D eigenvalue weighted by Gasteiger charge is -2.07. The van der Waals surface area contributed by atoms with Crippen molar-refractivity contribution < 1.29 is 4.39 Å². The zero-order valence-electron chi connectivity index (χ0n) is 8.73. The fourth-order valence-corrected chi connectivity index (χ4v) is 1.88. The van der Waals surface area contributed by atoms with E-state index in [9.17, 15) is 9.18 Å². The molecule has 1 aromatic carbocycles. The van der Waals surface area contributed by atoms with E-state index in [-0.39, 0.29) is 12.1 Å². The van der Waals surface area contributed by atoms with Crippen LogP contribution in [0.1, 0.15) is 5.56 Å². The van der Waals surface area contributed by atoms with Gasteiger partial charge in [0.05, 0.1) is 16.4 Å². The van der Waals surface area contributed by atoms with Crippen LogP contribution in [0.4, 0.5) is 10.1 Å². The van der Waals surface area contributed by atoms with Crippen LogP contribution in [0.25, 0.3) is 0 Å². The number of hydrogen-bond donors (Lipinski definition) is 1. The third-order valence-corrected chi connectivity index (χ3v) is 3.02. The summed E-state index contributed by atoms with van der Waals surface area (Å²) in [6.45, 7) is 0.148. The fraction of sp³-hybridized carbons (Fsp3) is 0.0909. The van der Waals surface area contributed by atoms with Crippen LogP contribution in [-0.2, 0) is 6.54 Å². The van der Waals surface area contributed by atoms with Crippen LogP contribution in [0, 0.1) is 9.39 Å². The highest BCUT2D eigenvalue weighted by molar-refractivity contribution is 14.1. The van der Waals surface area contributed by atoms with Gasteiger partial charge in [0.15, 0.2) is 0 Å². The Kier molecular flexibility index (Phi) is 3.41. The number of halogens is 2. The van der Waals surface area contributed by atoms with Gasteiger partial charge in [-0.3, -0.25) is 9.36 Å². The second kappa shape index (κ2) is 4.82. The maximum absolute atomic E-state index is 13.6. The summed E-state index contributed by atoms with van der Waals surface area (Å²) in [6, 6.07) is 4.41. The van der Waals surface area contributed by atoms with Gasteiger partial charge in [-0.25, -0.2) is 9.37 Å². The van der Waals surface area contributed by atoms with Gasteiger partial charge in [0.2, 0.25) is 0 Å². The average molecular weight is 345 g/mol. The molecule has 2 aromatic rings. The Morgan fingerprint density at radius 2 is 2.24 bits per heavy atom. The highest BCUT2D eigenvalue weighted by atomic mass is 127. The van der Waals surface area contributed by atoms with Crippen LogP contribution in [0.2, 0.25) is 0 Å². The van der Waals surface area contributed by atoms with Crippen LogP contribution < -0.4 is 11.3 Å². The van der Waals surface area contributed by atoms with E-state index in [1.165, 1.54) is 23.2 Å². The van der Waals surface area contributed by atoms with E-state index in [1.54, 1.807) is 12.1 Å². The van der Waals surface area contributed by atoms with Crippen molar-refractivity contribution in [1.29, 1.82) is 0 Å². The molecular weight excluding hydrogens is 336 g/mol. The Hall–Kier alpha value is -1.44. The summed E-state index contributed by atoms with van der Waals surface area (Å²) in [4.78, 5) is 15.6. The molecule has 1 aromatic heterocycles. The summed E-state index contributed by atoms with van der Waals surface area (Å²) in [7, 11) is 0. The summed E-state index contributed by atoms with van der Waals surface area (Å²) in [5.74, 6) is -0.421. The first-order valence-electron chi connectivity index (χ1n) is 4.82. The molecule has 0 aliphatic carbocycles. The number of aromatic nitrogens is 2. The number of benzene rings is 1. The molecule has 0 saturated carbocycles. The van der Waals surface area contributed by atoms with Gasteiger partial charge in [0, 0.05) is 17.4 Å². The first kappa shape index (κ1) is 12.0. The van der Waals surface area contributed by atoms with Gasteiger partial charge < -0.3 is 5.73 Å². The molecular formula is C11H9FIN3O. The molecule has 2 N–H and O–H groups in total. The molecule has 0 aliphatic heterocycles. The average Bonchev–Trinajstić information content (AvgIpc) is 2.28. The molecule has 0 radical (unpaired) electrons. The van der Waals surface area contributed by atoms with Crippen molar-refractivity contribution in [1.82, 2.24) is 9.55 Å². The fourth-order valence-electron chi connectivity index (χ4n) is 1.41. The van der Waals surface area contributed by atoms with Gasteiger partial charge in [0.25, 0.3) is 5.56 Å². The van der Waals surface area contributed by atoms with Crippen LogP contribution in [0.3, 0.4) is 0 Å². The largest absolute Gasteiger partial charge is 0.399 e. The minimum atomic E-state index is -0.421. The van der Waals surface area contributed by atoms with Crippen molar-refractivity contribution in [3.05, 3.63) is 56.0 Å². The van der Waals surface area contributed by atoms with Crippen molar-refractivity contribution >= 4 is 28.3 Å². The van der Waals surface area contributed by atoms with Crippen LogP contribution >= 0.6 is 22.6 Å². The quantitative estimate of drug-likeness (QED) is 0.665. The van der Waals surface area contributed by atoms with Crippen molar-refractivity contribution in [3.8, 4) is 0 Å². The molecule has 0 fully saturated rings. The molecule has 1 heterocycles. The molecule has 88 valence electrons. The Morgan fingerprint density at radius 3 is 2.94 bits per heavy atom. The Bertz CT molecular complexity index is 612. The van der Waals surface area contributed by atoms with E-state index in [2.05, 4.69) is 4.98 Å². The molecule has 2 rings (SSSR count). The topological polar surface area (TPSA) is 60.9 Å². The van der Waals surface area contributed by atoms with E-state index >= 15 is 0 Å². The maximum atomic E-state index is 13.6. The van der Waals surface area contributed by atoms with Crippen LogP contribution in [-0.4, -0.2) is 9.55 Å². The molecule has 6 heteroatoms. The van der Waals surface area contributed by atoms with E-state index in [0.29, 0.717) is 14.8 Å². The summed E-state index contributed by atoms with van der Waals surface area (Å²) < 4.78 is 15.4. The first-order valence-corrected chi connectivity index (χ1v) is 5.89. The molecule has 4 nitrogen and oxygen atoms in total. The molecule has 0 unspecified atom stereocenters. The minimum Gasteiger partial charge on any atom is -0.399 e. The van der Waals surface area contributed by atoms with Crippen molar-refractivity contribution in [2.75, 3.05) is 5.73 Å². The second-order valence-electron chi connectivity index (χ2n) is 3.53. The normalized spacial score (nSPS) is 10.5. The van der Waals surface area contributed by atoms with Crippen LogP contribution in [0.5, 0.6) is 0 Å². The summed E-state index contributed by atoms with van der Waals surface area (Å²) in [5, 5.41) is 0. The highest BCUT2D eigenvalue weighted by Crippen LogP contribution is 2.12. The van der Waals surface area contributed by atoms with E-state index in [4.69, 9.17) is 5.73 Å². The SMILES string of the molecule is Nc1ccc(Cn2cncc(I)c2=O)c(F)c1. The van der Waals surface area contributed by atoms with Gasteiger partial charge in [-0.05, 0) is 34.7 Å². The smallest absolute Gasteiger partial charge is 0.267 e. The molecule has 0 amide bonds. The predicted octanol–water partition coefficient (Wildman–Crippen LogP) is 1.62. The van der Waals surface area contributed by atoms with Gasteiger partial charge in [-0.1, -0.05) is 6.07 Å². The van der Waals surface area contributed by atoms with Crippen LogP contribution in [0.15, 0.2) is 35.5 Å². The summed E-state index contributed by atoms with van der Waals surface area (Å²) in [6.07, 6.45) is 2.86. The molecule has 0 atom stereocenters. The van der Waals surface area contributed by atoms with E-state index in [0.717, 1.165) is 0 Å². The highest BCUT2D eigenvalue weighted by Gasteiger charge is 2.06. The number of anilines is 1. The third kappa shape index (κ3) is 2.63. The summed E-state index contributed by atoms with van der Waals surface area (Å²) >= 11 is 1.90. The molecule has 17 heavy (non-hydrogen) atoms. The number of nitrogens with zero attached hydrogens (tertiary/aromatic N) is 2. The van der Waals surface area contributed by atoms with Crippen molar-refractivity contribution in [2.24, 2.45) is 0 Å². The number of nitrogens with two attached hydrogens (primary N) is 1. The first-order chi connectivity index (χ1) is 8.08. The molecule has 0 aliphatic rings. The summed E-state index contributed by atoms with van der Waals surface area (Å²) in [5.41, 5.74) is 6.04. The Balaban J connectivity index is 2.38. The maximum Gasteiger partial charge on any atom is 0.267 e. The molecule has 0 bridgehead atoms. The lowest BCUT2D eigenvalue weighted by atomic mass is 10.2. The monoisotopic (exact) mass is 345 g/mol. The van der Waals surface area contributed by atoms with Gasteiger partial charge in [0.1, 0.15) is 5.82 Å². The predicted molar refractivity (Wildman–Crippen MR) is 71.1 cm³/mol. The van der Waals surface area contributed by atoms with E-state index < -0.39 is 5.82 Å². The number of nitrogen functional groups attached to an aromatic ring is 1. The zero-order chi connectivity index (χ0) is 12.4. The third-order valence-electron chi connectivity index (χ3n) is 2.28. The number of rotatable bonds is 2. The van der Waals surface area contributed by atoms with Crippen molar-refractivity contribution in [2.45, 2.75) is 6.54 Å².